The predicted molar refractivity (Wildman–Crippen MR) is 97.1 cm³/mol. The van der Waals surface area contributed by atoms with Gasteiger partial charge in [-0.25, -0.2) is 4.39 Å². The Bertz CT molecular complexity index is 747. The van der Waals surface area contributed by atoms with E-state index in [1.807, 2.05) is 25.1 Å². The number of aliphatic hydroxyl groups excluding tert-OH is 1. The van der Waals surface area contributed by atoms with Crippen LogP contribution in [0.25, 0.3) is 0 Å². The van der Waals surface area contributed by atoms with E-state index >= 15 is 0 Å². The molecule has 134 valence electrons. The Kier molecular flexibility index (Phi) is 6.77. The molecule has 0 saturated carbocycles. The number of hydrogen-bond acceptors (Lipinski definition) is 3. The first-order valence-corrected chi connectivity index (χ1v) is 8.03. The van der Waals surface area contributed by atoms with Gasteiger partial charge in [-0.15, -0.1) is 0 Å². The van der Waals surface area contributed by atoms with Crippen molar-refractivity contribution in [2.45, 2.75) is 26.6 Å². The van der Waals surface area contributed by atoms with Gasteiger partial charge in [0.05, 0.1) is 13.7 Å². The fourth-order valence-electron chi connectivity index (χ4n) is 2.44. The number of aliphatic hydroxyl groups is 1. The van der Waals surface area contributed by atoms with Gasteiger partial charge in [0.2, 0.25) is 0 Å². The SMILES string of the molecule is CN=C(NCc1ccc(F)c(CO)c1)NCc1ccc(C)cc1OC. The Morgan fingerprint density at radius 1 is 1.12 bits per heavy atom. The van der Waals surface area contributed by atoms with Crippen LogP contribution in [0, 0.1) is 12.7 Å². The summed E-state index contributed by atoms with van der Waals surface area (Å²) in [6, 6.07) is 10.7. The summed E-state index contributed by atoms with van der Waals surface area (Å²) in [7, 11) is 3.34. The van der Waals surface area contributed by atoms with Crippen LogP contribution < -0.4 is 15.4 Å². The van der Waals surface area contributed by atoms with Gasteiger partial charge in [-0.3, -0.25) is 4.99 Å². The monoisotopic (exact) mass is 345 g/mol. The smallest absolute Gasteiger partial charge is 0.191 e. The first-order chi connectivity index (χ1) is 12.1. The highest BCUT2D eigenvalue weighted by molar-refractivity contribution is 5.79. The van der Waals surface area contributed by atoms with Gasteiger partial charge in [0.1, 0.15) is 11.6 Å². The lowest BCUT2D eigenvalue weighted by Gasteiger charge is -2.14. The number of nitrogens with zero attached hydrogens (tertiary/aromatic N) is 1. The van der Waals surface area contributed by atoms with Gasteiger partial charge in [0, 0.05) is 31.3 Å². The molecule has 3 N–H and O–H groups in total. The van der Waals surface area contributed by atoms with Crippen molar-refractivity contribution in [2.24, 2.45) is 4.99 Å². The molecule has 0 unspecified atom stereocenters. The number of benzene rings is 2. The molecule has 0 aliphatic rings. The second-order valence-electron chi connectivity index (χ2n) is 5.68. The first-order valence-electron chi connectivity index (χ1n) is 8.03. The molecule has 5 nitrogen and oxygen atoms in total. The summed E-state index contributed by atoms with van der Waals surface area (Å²) in [4.78, 5) is 4.18. The number of methoxy groups -OCH3 is 1. The Morgan fingerprint density at radius 2 is 1.88 bits per heavy atom. The molecule has 0 aromatic heterocycles. The number of ether oxygens (including phenoxy) is 1. The van der Waals surface area contributed by atoms with Gasteiger partial charge in [-0.05, 0) is 36.2 Å². The van der Waals surface area contributed by atoms with Crippen molar-refractivity contribution in [2.75, 3.05) is 14.2 Å². The first kappa shape index (κ1) is 18.7. The number of nitrogens with one attached hydrogen (secondary N) is 2. The lowest BCUT2D eigenvalue weighted by Crippen LogP contribution is -2.36. The molecule has 2 rings (SSSR count). The van der Waals surface area contributed by atoms with Crippen LogP contribution in [0.1, 0.15) is 22.3 Å². The van der Waals surface area contributed by atoms with Crippen LogP contribution in [0.5, 0.6) is 5.75 Å². The van der Waals surface area contributed by atoms with Crippen molar-refractivity contribution >= 4 is 5.96 Å². The van der Waals surface area contributed by atoms with Gasteiger partial charge >= 0.3 is 0 Å². The third-order valence-corrected chi connectivity index (χ3v) is 3.85. The molecule has 0 aliphatic carbocycles. The molecule has 2 aromatic carbocycles. The fraction of sp³-hybridized carbons (Fsp3) is 0.316. The highest BCUT2D eigenvalue weighted by atomic mass is 19.1. The minimum Gasteiger partial charge on any atom is -0.496 e. The molecule has 0 aliphatic heterocycles. The van der Waals surface area contributed by atoms with Crippen LogP contribution >= 0.6 is 0 Å². The third-order valence-electron chi connectivity index (χ3n) is 3.85. The predicted octanol–water partition coefficient (Wildman–Crippen LogP) is 2.50. The number of rotatable bonds is 6. The van der Waals surface area contributed by atoms with E-state index in [1.165, 1.54) is 6.07 Å². The van der Waals surface area contributed by atoms with Crippen LogP contribution in [0.15, 0.2) is 41.4 Å². The van der Waals surface area contributed by atoms with Crippen molar-refractivity contribution in [3.63, 3.8) is 0 Å². The third kappa shape index (κ3) is 5.19. The average molecular weight is 345 g/mol. The summed E-state index contributed by atoms with van der Waals surface area (Å²) < 4.78 is 18.8. The van der Waals surface area contributed by atoms with E-state index < -0.39 is 5.82 Å². The molecule has 6 heteroatoms. The van der Waals surface area contributed by atoms with Crippen LogP contribution in [-0.2, 0) is 19.7 Å². The van der Waals surface area contributed by atoms with Crippen molar-refractivity contribution in [1.29, 1.82) is 0 Å². The normalized spacial score (nSPS) is 11.3. The average Bonchev–Trinajstić information content (AvgIpc) is 2.63. The molecule has 0 radical (unpaired) electrons. The van der Waals surface area contributed by atoms with E-state index in [0.717, 1.165) is 22.4 Å². The van der Waals surface area contributed by atoms with Gasteiger partial charge in [-0.1, -0.05) is 18.2 Å². The van der Waals surface area contributed by atoms with Gasteiger partial charge < -0.3 is 20.5 Å². The Balaban J connectivity index is 1.95. The summed E-state index contributed by atoms with van der Waals surface area (Å²) in [5.74, 6) is 1.05. The lowest BCUT2D eigenvalue weighted by molar-refractivity contribution is 0.275. The van der Waals surface area contributed by atoms with Crippen molar-refractivity contribution < 1.29 is 14.2 Å². The zero-order chi connectivity index (χ0) is 18.2. The van der Waals surface area contributed by atoms with Crippen LogP contribution in [0.4, 0.5) is 4.39 Å². The number of hydrogen-bond donors (Lipinski definition) is 3. The minimum absolute atomic E-state index is 0.284. The zero-order valence-corrected chi connectivity index (χ0v) is 14.8. The van der Waals surface area contributed by atoms with Crippen LogP contribution in [0.2, 0.25) is 0 Å². The summed E-state index contributed by atoms with van der Waals surface area (Å²) in [6.45, 7) is 2.73. The lowest BCUT2D eigenvalue weighted by atomic mass is 10.1. The maximum absolute atomic E-state index is 13.4. The highest BCUT2D eigenvalue weighted by Gasteiger charge is 2.06. The van der Waals surface area contributed by atoms with Crippen LogP contribution in [0.3, 0.4) is 0 Å². The molecule has 0 fully saturated rings. The Morgan fingerprint density at radius 3 is 2.56 bits per heavy atom. The van der Waals surface area contributed by atoms with Gasteiger partial charge in [-0.2, -0.15) is 0 Å². The molecule has 0 saturated heterocycles. The molecule has 2 aromatic rings. The largest absolute Gasteiger partial charge is 0.496 e. The van der Waals surface area contributed by atoms with E-state index in [0.29, 0.717) is 19.0 Å². The second kappa shape index (κ2) is 9.03. The van der Waals surface area contributed by atoms with E-state index in [1.54, 1.807) is 26.3 Å². The molecular weight excluding hydrogens is 321 g/mol. The number of aliphatic imine (C=N–C) groups is 1. The minimum atomic E-state index is -0.403. The van der Waals surface area contributed by atoms with Crippen molar-refractivity contribution in [3.05, 3.63) is 64.5 Å². The standard InChI is InChI=1S/C19H24FN3O2/c1-13-4-6-15(18(8-13)25-3)11-23-19(21-2)22-10-14-5-7-17(20)16(9-14)12-24/h4-9,24H,10-12H2,1-3H3,(H2,21,22,23). The molecule has 0 bridgehead atoms. The fourth-order valence-corrected chi connectivity index (χ4v) is 2.44. The maximum atomic E-state index is 13.4. The maximum Gasteiger partial charge on any atom is 0.191 e. The highest BCUT2D eigenvalue weighted by Crippen LogP contribution is 2.19. The van der Waals surface area contributed by atoms with E-state index in [4.69, 9.17) is 9.84 Å². The number of aryl methyl sites for hydroxylation is 1. The zero-order valence-electron chi connectivity index (χ0n) is 14.8. The van der Waals surface area contributed by atoms with E-state index in [-0.39, 0.29) is 12.2 Å². The Labute approximate surface area is 147 Å². The molecular formula is C19H24FN3O2. The molecule has 0 spiro atoms. The van der Waals surface area contributed by atoms with Crippen LogP contribution in [-0.4, -0.2) is 25.2 Å². The second-order valence-corrected chi connectivity index (χ2v) is 5.68. The summed E-state index contributed by atoms with van der Waals surface area (Å²) in [6.07, 6.45) is 0. The topological polar surface area (TPSA) is 65.9 Å². The molecule has 0 heterocycles. The van der Waals surface area contributed by atoms with Gasteiger partial charge in [0.25, 0.3) is 0 Å². The van der Waals surface area contributed by atoms with Crippen molar-refractivity contribution in [1.82, 2.24) is 10.6 Å². The van der Waals surface area contributed by atoms with E-state index in [2.05, 4.69) is 15.6 Å². The summed E-state index contributed by atoms with van der Waals surface area (Å²) >= 11 is 0. The van der Waals surface area contributed by atoms with Crippen molar-refractivity contribution in [3.8, 4) is 5.75 Å². The Hall–Kier alpha value is -2.60. The number of guanidine groups is 1. The van der Waals surface area contributed by atoms with E-state index in [9.17, 15) is 4.39 Å². The van der Waals surface area contributed by atoms with Gasteiger partial charge in [0.15, 0.2) is 5.96 Å². The number of halogens is 1. The summed E-state index contributed by atoms with van der Waals surface area (Å²) in [5, 5.41) is 15.5. The molecule has 25 heavy (non-hydrogen) atoms. The molecule has 0 amide bonds. The summed E-state index contributed by atoms with van der Waals surface area (Å²) in [5.41, 5.74) is 3.31. The molecule has 0 atom stereocenters. The quantitative estimate of drug-likeness (QED) is 0.556.